The minimum absolute atomic E-state index is 0.238. The number of piperidine rings is 1. The van der Waals surface area contributed by atoms with E-state index in [0.29, 0.717) is 30.8 Å². The summed E-state index contributed by atoms with van der Waals surface area (Å²) in [5.41, 5.74) is 2.22. The summed E-state index contributed by atoms with van der Waals surface area (Å²) >= 11 is 0. The number of carbonyl (C=O) groups excluding carboxylic acids is 1. The van der Waals surface area contributed by atoms with Crippen LogP contribution in [0.1, 0.15) is 12.8 Å². The van der Waals surface area contributed by atoms with E-state index in [2.05, 4.69) is 10.4 Å². The fourth-order valence-electron chi connectivity index (χ4n) is 2.95. The lowest BCUT2D eigenvalue weighted by molar-refractivity contribution is -0.143. The monoisotopic (exact) mass is 328 g/mol. The molecule has 0 saturated carbocycles. The minimum Gasteiger partial charge on any atom is -0.481 e. The van der Waals surface area contributed by atoms with Gasteiger partial charge in [0.05, 0.1) is 11.6 Å². The normalized spacial score (nSPS) is 17.5. The lowest BCUT2D eigenvalue weighted by Crippen LogP contribution is -2.44. The number of hydrogen-bond donors (Lipinski definition) is 2. The molecule has 24 heavy (non-hydrogen) atoms. The molecule has 2 amide bonds. The van der Waals surface area contributed by atoms with Crippen molar-refractivity contribution in [2.45, 2.75) is 12.8 Å². The number of amides is 2. The lowest BCUT2D eigenvalue weighted by Gasteiger charge is -2.30. The van der Waals surface area contributed by atoms with Crippen LogP contribution in [-0.4, -0.2) is 44.9 Å². The first-order valence-corrected chi connectivity index (χ1v) is 7.92. The maximum Gasteiger partial charge on any atom is 0.321 e. The first-order valence-electron chi connectivity index (χ1n) is 7.92. The molecule has 1 atom stereocenters. The van der Waals surface area contributed by atoms with Gasteiger partial charge in [-0.3, -0.25) is 9.48 Å². The number of likely N-dealkylation sites (tertiary alicyclic amines) is 1. The van der Waals surface area contributed by atoms with Crippen LogP contribution in [0, 0.1) is 5.92 Å². The first-order chi connectivity index (χ1) is 11.5. The number of carboxylic acids is 1. The third-order valence-electron chi connectivity index (χ3n) is 4.18. The summed E-state index contributed by atoms with van der Waals surface area (Å²) < 4.78 is 1.65. The Balaban J connectivity index is 1.76. The largest absolute Gasteiger partial charge is 0.481 e. The summed E-state index contributed by atoms with van der Waals surface area (Å²) in [5, 5.41) is 16.4. The molecule has 1 fully saturated rings. The number of carboxylic acid groups (broad SMARTS) is 1. The van der Waals surface area contributed by atoms with Crippen molar-refractivity contribution in [2.24, 2.45) is 13.0 Å². The van der Waals surface area contributed by atoms with Crippen LogP contribution < -0.4 is 5.32 Å². The van der Waals surface area contributed by atoms with E-state index in [0.717, 1.165) is 5.56 Å². The van der Waals surface area contributed by atoms with Crippen LogP contribution in [0.2, 0.25) is 0 Å². The number of aromatic nitrogens is 2. The third-order valence-corrected chi connectivity index (χ3v) is 4.18. The van der Waals surface area contributed by atoms with E-state index in [-0.39, 0.29) is 12.6 Å². The fraction of sp³-hybridized carbons (Fsp3) is 0.353. The molecule has 0 spiro atoms. The zero-order chi connectivity index (χ0) is 17.1. The molecule has 1 saturated heterocycles. The van der Waals surface area contributed by atoms with Gasteiger partial charge in [0.15, 0.2) is 0 Å². The Morgan fingerprint density at radius 2 is 2.04 bits per heavy atom. The summed E-state index contributed by atoms with van der Waals surface area (Å²) in [6.45, 7) is 0.804. The fourth-order valence-corrected chi connectivity index (χ4v) is 2.95. The van der Waals surface area contributed by atoms with E-state index in [4.69, 9.17) is 5.11 Å². The number of nitrogens with zero attached hydrogens (tertiary/aromatic N) is 3. The van der Waals surface area contributed by atoms with Crippen molar-refractivity contribution in [1.29, 1.82) is 0 Å². The Morgan fingerprint density at radius 3 is 2.75 bits per heavy atom. The molecule has 0 radical (unpaired) electrons. The highest BCUT2D eigenvalue weighted by Crippen LogP contribution is 2.26. The summed E-state index contributed by atoms with van der Waals surface area (Å²) in [6.07, 6.45) is 3.06. The van der Waals surface area contributed by atoms with Crippen molar-refractivity contribution < 1.29 is 14.7 Å². The molecule has 1 aromatic heterocycles. The molecule has 7 heteroatoms. The van der Waals surface area contributed by atoms with E-state index in [1.54, 1.807) is 22.8 Å². The number of carbonyl (C=O) groups is 2. The van der Waals surface area contributed by atoms with Crippen LogP contribution in [0.3, 0.4) is 0 Å². The van der Waals surface area contributed by atoms with Crippen LogP contribution in [-0.2, 0) is 11.8 Å². The van der Waals surface area contributed by atoms with Gasteiger partial charge < -0.3 is 15.3 Å². The zero-order valence-corrected chi connectivity index (χ0v) is 13.5. The molecule has 1 aromatic carbocycles. The molecule has 3 rings (SSSR count). The lowest BCUT2D eigenvalue weighted by atomic mass is 9.99. The summed E-state index contributed by atoms with van der Waals surface area (Å²) in [6, 6.07) is 9.32. The number of urea groups is 1. The third kappa shape index (κ3) is 3.40. The van der Waals surface area contributed by atoms with Crippen molar-refractivity contribution in [3.8, 4) is 11.3 Å². The van der Waals surface area contributed by atoms with E-state index >= 15 is 0 Å². The SMILES string of the molecule is Cn1cc(NC(=O)N2CCCC(C(=O)O)C2)c(-c2ccccc2)n1. The Hall–Kier alpha value is -2.83. The van der Waals surface area contributed by atoms with Gasteiger partial charge in [0.2, 0.25) is 0 Å². The van der Waals surface area contributed by atoms with Crippen LogP contribution in [0.4, 0.5) is 10.5 Å². The second-order valence-electron chi connectivity index (χ2n) is 5.98. The predicted molar refractivity (Wildman–Crippen MR) is 89.6 cm³/mol. The second-order valence-corrected chi connectivity index (χ2v) is 5.98. The highest BCUT2D eigenvalue weighted by atomic mass is 16.4. The number of nitrogens with one attached hydrogen (secondary N) is 1. The molecular weight excluding hydrogens is 308 g/mol. The van der Waals surface area contributed by atoms with E-state index in [1.807, 2.05) is 30.3 Å². The van der Waals surface area contributed by atoms with Crippen LogP contribution in [0.15, 0.2) is 36.5 Å². The van der Waals surface area contributed by atoms with Crippen molar-refractivity contribution >= 4 is 17.7 Å². The van der Waals surface area contributed by atoms with Crippen LogP contribution in [0.25, 0.3) is 11.3 Å². The molecular formula is C17H20N4O3. The van der Waals surface area contributed by atoms with Gasteiger partial charge in [-0.15, -0.1) is 0 Å². The van der Waals surface area contributed by atoms with Crippen LogP contribution in [0.5, 0.6) is 0 Å². The molecule has 126 valence electrons. The van der Waals surface area contributed by atoms with Crippen molar-refractivity contribution in [2.75, 3.05) is 18.4 Å². The van der Waals surface area contributed by atoms with Crippen molar-refractivity contribution in [3.63, 3.8) is 0 Å². The first kappa shape index (κ1) is 16.0. The predicted octanol–water partition coefficient (Wildman–Crippen LogP) is 2.42. The van der Waals surface area contributed by atoms with Gasteiger partial charge >= 0.3 is 12.0 Å². The number of aryl methyl sites for hydroxylation is 1. The number of benzene rings is 1. The second kappa shape index (κ2) is 6.74. The summed E-state index contributed by atoms with van der Waals surface area (Å²) in [7, 11) is 1.80. The van der Waals surface area contributed by atoms with Gasteiger partial charge in [-0.25, -0.2) is 4.79 Å². The van der Waals surface area contributed by atoms with Gasteiger partial charge in [0.1, 0.15) is 5.69 Å². The number of aliphatic carboxylic acids is 1. The average Bonchev–Trinajstić information content (AvgIpc) is 2.96. The van der Waals surface area contributed by atoms with E-state index in [1.165, 1.54) is 0 Å². The molecule has 0 aliphatic carbocycles. The maximum absolute atomic E-state index is 12.5. The number of hydrogen-bond acceptors (Lipinski definition) is 3. The maximum atomic E-state index is 12.5. The molecule has 2 N–H and O–H groups in total. The minimum atomic E-state index is -0.848. The van der Waals surface area contributed by atoms with Crippen LogP contribution >= 0.6 is 0 Å². The van der Waals surface area contributed by atoms with Gasteiger partial charge in [0.25, 0.3) is 0 Å². The quantitative estimate of drug-likeness (QED) is 0.906. The molecule has 1 aliphatic rings. The standard InChI is InChI=1S/C17H20N4O3/c1-20-11-14(15(19-20)12-6-3-2-4-7-12)18-17(24)21-9-5-8-13(10-21)16(22)23/h2-4,6-7,11,13H,5,8-10H2,1H3,(H,18,24)(H,22,23). The van der Waals surface area contributed by atoms with Gasteiger partial charge in [-0.1, -0.05) is 30.3 Å². The van der Waals surface area contributed by atoms with E-state index < -0.39 is 11.9 Å². The Bertz CT molecular complexity index is 742. The Kier molecular flexibility index (Phi) is 4.50. The number of rotatable bonds is 3. The van der Waals surface area contributed by atoms with Gasteiger partial charge in [-0.05, 0) is 12.8 Å². The highest BCUT2D eigenvalue weighted by Gasteiger charge is 2.28. The molecule has 7 nitrogen and oxygen atoms in total. The summed E-state index contributed by atoms with van der Waals surface area (Å²) in [4.78, 5) is 25.2. The highest BCUT2D eigenvalue weighted by molar-refractivity contribution is 5.93. The van der Waals surface area contributed by atoms with Gasteiger partial charge in [-0.2, -0.15) is 5.10 Å². The Labute approximate surface area is 139 Å². The van der Waals surface area contributed by atoms with E-state index in [9.17, 15) is 9.59 Å². The molecule has 1 unspecified atom stereocenters. The van der Waals surface area contributed by atoms with Gasteiger partial charge in [0, 0.05) is 31.9 Å². The Morgan fingerprint density at radius 1 is 1.29 bits per heavy atom. The molecule has 0 bridgehead atoms. The topological polar surface area (TPSA) is 87.5 Å². The van der Waals surface area contributed by atoms with Crippen molar-refractivity contribution in [3.05, 3.63) is 36.5 Å². The average molecular weight is 328 g/mol. The zero-order valence-electron chi connectivity index (χ0n) is 13.5. The van der Waals surface area contributed by atoms with Crippen molar-refractivity contribution in [1.82, 2.24) is 14.7 Å². The molecule has 2 aromatic rings. The smallest absolute Gasteiger partial charge is 0.321 e. The molecule has 1 aliphatic heterocycles. The number of anilines is 1. The summed E-state index contributed by atoms with van der Waals surface area (Å²) in [5.74, 6) is -1.34. The molecule has 2 heterocycles.